The Morgan fingerprint density at radius 2 is 2.05 bits per heavy atom. The van der Waals surface area contributed by atoms with Crippen LogP contribution >= 0.6 is 0 Å². The minimum absolute atomic E-state index is 0.101. The van der Waals surface area contributed by atoms with Crippen LogP contribution in [0.1, 0.15) is 5.56 Å². The molecule has 3 N–H and O–H groups in total. The number of anilines is 2. The van der Waals surface area contributed by atoms with E-state index in [9.17, 15) is 14.4 Å². The van der Waals surface area contributed by atoms with Gasteiger partial charge in [-0.05, 0) is 11.6 Å². The first kappa shape index (κ1) is 15.4. The number of benzene rings is 1. The van der Waals surface area contributed by atoms with Crippen molar-refractivity contribution in [2.45, 2.75) is 6.54 Å². The topological polar surface area (TPSA) is 106 Å². The number of carbonyl (C=O) groups excluding carboxylic acids is 3. The summed E-state index contributed by atoms with van der Waals surface area (Å²) in [7, 11) is 2.39. The SMILES string of the molecule is COC(=O)/C=C(/Nc1cccc2c1NC(=O)NC2)C(=O)OC. The zero-order valence-electron chi connectivity index (χ0n) is 12.1. The summed E-state index contributed by atoms with van der Waals surface area (Å²) >= 11 is 0. The maximum atomic E-state index is 11.7. The average molecular weight is 305 g/mol. The van der Waals surface area contributed by atoms with Crippen LogP contribution in [0.3, 0.4) is 0 Å². The Morgan fingerprint density at radius 1 is 1.27 bits per heavy atom. The molecule has 0 bridgehead atoms. The fraction of sp³-hybridized carbons (Fsp3) is 0.214. The molecule has 2 amide bonds. The monoisotopic (exact) mass is 305 g/mol. The number of ether oxygens (including phenoxy) is 2. The number of esters is 2. The van der Waals surface area contributed by atoms with Gasteiger partial charge in [-0.15, -0.1) is 0 Å². The molecule has 0 saturated heterocycles. The van der Waals surface area contributed by atoms with Gasteiger partial charge in [-0.2, -0.15) is 0 Å². The molecular formula is C14H15N3O5. The fourth-order valence-corrected chi connectivity index (χ4v) is 1.91. The van der Waals surface area contributed by atoms with Crippen LogP contribution in [0, 0.1) is 0 Å². The molecule has 0 fully saturated rings. The normalized spacial score (nSPS) is 13.4. The Kier molecular flexibility index (Phi) is 4.62. The van der Waals surface area contributed by atoms with Crippen LogP contribution in [0.15, 0.2) is 30.0 Å². The second kappa shape index (κ2) is 6.61. The Bertz CT molecular complexity index is 654. The van der Waals surface area contributed by atoms with Gasteiger partial charge < -0.3 is 25.4 Å². The predicted molar refractivity (Wildman–Crippen MR) is 78.0 cm³/mol. The summed E-state index contributed by atoms with van der Waals surface area (Å²) in [5.41, 5.74) is 1.74. The third kappa shape index (κ3) is 3.35. The largest absolute Gasteiger partial charge is 0.466 e. The molecule has 1 aromatic carbocycles. The first-order valence-corrected chi connectivity index (χ1v) is 6.37. The van der Waals surface area contributed by atoms with E-state index in [0.29, 0.717) is 17.9 Å². The van der Waals surface area contributed by atoms with Crippen molar-refractivity contribution in [1.82, 2.24) is 5.32 Å². The van der Waals surface area contributed by atoms with Crippen molar-refractivity contribution in [3.63, 3.8) is 0 Å². The maximum Gasteiger partial charge on any atom is 0.354 e. The van der Waals surface area contributed by atoms with E-state index in [2.05, 4.69) is 25.4 Å². The number of urea groups is 1. The summed E-state index contributed by atoms with van der Waals surface area (Å²) in [5.74, 6) is -1.44. The fourth-order valence-electron chi connectivity index (χ4n) is 1.91. The molecule has 0 unspecified atom stereocenters. The van der Waals surface area contributed by atoms with Crippen LogP contribution in [0.4, 0.5) is 16.2 Å². The van der Waals surface area contributed by atoms with E-state index >= 15 is 0 Å². The molecule has 0 spiro atoms. The quantitative estimate of drug-likeness (QED) is 0.565. The number of amides is 2. The number of carbonyl (C=O) groups is 3. The minimum atomic E-state index is -0.733. The first-order valence-electron chi connectivity index (χ1n) is 6.37. The van der Waals surface area contributed by atoms with Gasteiger partial charge in [0.05, 0.1) is 31.7 Å². The zero-order valence-corrected chi connectivity index (χ0v) is 12.1. The summed E-state index contributed by atoms with van der Waals surface area (Å²) < 4.78 is 9.12. The number of hydrogen-bond acceptors (Lipinski definition) is 6. The van der Waals surface area contributed by atoms with Crippen LogP contribution in [0.25, 0.3) is 0 Å². The van der Waals surface area contributed by atoms with Gasteiger partial charge in [0.25, 0.3) is 0 Å². The van der Waals surface area contributed by atoms with E-state index in [1.165, 1.54) is 14.2 Å². The molecule has 8 heteroatoms. The van der Waals surface area contributed by atoms with E-state index in [1.54, 1.807) is 12.1 Å². The number of rotatable bonds is 4. The highest BCUT2D eigenvalue weighted by atomic mass is 16.5. The van der Waals surface area contributed by atoms with Crippen molar-refractivity contribution >= 4 is 29.3 Å². The van der Waals surface area contributed by atoms with E-state index in [1.807, 2.05) is 6.07 Å². The lowest BCUT2D eigenvalue weighted by Gasteiger charge is -2.22. The molecule has 0 saturated carbocycles. The second-order valence-corrected chi connectivity index (χ2v) is 4.35. The first-order chi connectivity index (χ1) is 10.5. The summed E-state index contributed by atoms with van der Waals surface area (Å²) in [6.45, 7) is 0.366. The molecule has 1 aliphatic rings. The van der Waals surface area contributed by atoms with Crippen LogP contribution in [-0.4, -0.2) is 32.2 Å². The standard InChI is InChI=1S/C14H15N3O5/c1-21-11(18)6-10(13(19)22-2)16-9-5-3-4-8-7-15-14(20)17-12(8)9/h3-6,16H,7H2,1-2H3,(H2,15,17,20)/b10-6+. The van der Waals surface area contributed by atoms with Crippen molar-refractivity contribution in [2.24, 2.45) is 0 Å². The summed E-state index contributed by atoms with van der Waals surface area (Å²) in [5, 5.41) is 8.07. The number of methoxy groups -OCH3 is 2. The summed E-state index contributed by atoms with van der Waals surface area (Å²) in [4.78, 5) is 34.5. The lowest BCUT2D eigenvalue weighted by molar-refractivity contribution is -0.138. The van der Waals surface area contributed by atoms with Gasteiger partial charge in [0.15, 0.2) is 0 Å². The van der Waals surface area contributed by atoms with Crippen LogP contribution in [0.5, 0.6) is 0 Å². The van der Waals surface area contributed by atoms with E-state index in [0.717, 1.165) is 11.6 Å². The Hall–Kier alpha value is -3.03. The van der Waals surface area contributed by atoms with Crippen molar-refractivity contribution < 1.29 is 23.9 Å². The van der Waals surface area contributed by atoms with Gasteiger partial charge in [0, 0.05) is 6.54 Å². The Labute approximate surface area is 126 Å². The van der Waals surface area contributed by atoms with Gasteiger partial charge in [-0.25, -0.2) is 14.4 Å². The lowest BCUT2D eigenvalue weighted by atomic mass is 10.1. The molecular weight excluding hydrogens is 290 g/mol. The van der Waals surface area contributed by atoms with Crippen molar-refractivity contribution in [3.05, 3.63) is 35.5 Å². The highest BCUT2D eigenvalue weighted by Gasteiger charge is 2.19. The van der Waals surface area contributed by atoms with Gasteiger partial charge in [-0.3, -0.25) is 0 Å². The van der Waals surface area contributed by atoms with Gasteiger partial charge >= 0.3 is 18.0 Å². The van der Waals surface area contributed by atoms with Crippen LogP contribution < -0.4 is 16.0 Å². The molecule has 2 rings (SSSR count). The minimum Gasteiger partial charge on any atom is -0.466 e. The highest BCUT2D eigenvalue weighted by molar-refractivity contribution is 6.01. The molecule has 0 aliphatic carbocycles. The van der Waals surface area contributed by atoms with Crippen LogP contribution in [0.2, 0.25) is 0 Å². The summed E-state index contributed by atoms with van der Waals surface area (Å²) in [6.07, 6.45) is 0.980. The predicted octanol–water partition coefficient (Wildman–Crippen LogP) is 0.963. The number of nitrogens with one attached hydrogen (secondary N) is 3. The molecule has 1 aromatic rings. The van der Waals surface area contributed by atoms with Gasteiger partial charge in [0.2, 0.25) is 0 Å². The Morgan fingerprint density at radius 3 is 2.73 bits per heavy atom. The Balaban J connectivity index is 2.35. The highest BCUT2D eigenvalue weighted by Crippen LogP contribution is 2.29. The molecule has 0 radical (unpaired) electrons. The van der Waals surface area contributed by atoms with Gasteiger partial charge in [-0.1, -0.05) is 12.1 Å². The molecule has 22 heavy (non-hydrogen) atoms. The van der Waals surface area contributed by atoms with Crippen LogP contribution in [-0.2, 0) is 25.6 Å². The second-order valence-electron chi connectivity index (χ2n) is 4.35. The van der Waals surface area contributed by atoms with E-state index in [4.69, 9.17) is 0 Å². The third-order valence-electron chi connectivity index (χ3n) is 2.97. The average Bonchev–Trinajstić information content (AvgIpc) is 2.53. The van der Waals surface area contributed by atoms with Crippen molar-refractivity contribution in [1.29, 1.82) is 0 Å². The molecule has 0 aromatic heterocycles. The molecule has 1 heterocycles. The van der Waals surface area contributed by atoms with Crippen molar-refractivity contribution in [3.8, 4) is 0 Å². The summed E-state index contributed by atoms with van der Waals surface area (Å²) in [6, 6.07) is 4.90. The third-order valence-corrected chi connectivity index (χ3v) is 2.97. The number of fused-ring (bicyclic) bond motifs is 1. The lowest BCUT2D eigenvalue weighted by Crippen LogP contribution is -2.33. The number of para-hydroxylation sites is 1. The smallest absolute Gasteiger partial charge is 0.354 e. The van der Waals surface area contributed by atoms with E-state index < -0.39 is 11.9 Å². The van der Waals surface area contributed by atoms with Gasteiger partial charge in [0.1, 0.15) is 5.70 Å². The molecule has 0 atom stereocenters. The van der Waals surface area contributed by atoms with E-state index in [-0.39, 0.29) is 11.7 Å². The molecule has 8 nitrogen and oxygen atoms in total. The zero-order chi connectivity index (χ0) is 16.1. The molecule has 1 aliphatic heterocycles. The number of hydrogen-bond donors (Lipinski definition) is 3. The molecule has 116 valence electrons. The maximum absolute atomic E-state index is 11.7. The van der Waals surface area contributed by atoms with Crippen molar-refractivity contribution in [2.75, 3.05) is 24.9 Å².